The van der Waals surface area contributed by atoms with E-state index in [0.717, 1.165) is 12.0 Å². The lowest BCUT2D eigenvalue weighted by atomic mass is 10.1. The number of hydrogen-bond donors (Lipinski definition) is 2. The zero-order valence-corrected chi connectivity index (χ0v) is 17.2. The first-order valence-electron chi connectivity index (χ1n) is 9.48. The molecular weight excluding hydrogens is 386 g/mol. The highest BCUT2D eigenvalue weighted by Gasteiger charge is 2.25. The summed E-state index contributed by atoms with van der Waals surface area (Å²) >= 11 is 0. The van der Waals surface area contributed by atoms with E-state index in [-0.39, 0.29) is 17.0 Å². The van der Waals surface area contributed by atoms with Crippen LogP contribution in [0.4, 0.5) is 0 Å². The molecule has 3 rings (SSSR count). The molecule has 0 aliphatic heterocycles. The Labute approximate surface area is 170 Å². The van der Waals surface area contributed by atoms with Gasteiger partial charge in [-0.15, -0.1) is 0 Å². The third-order valence-corrected chi connectivity index (χ3v) is 6.58. The summed E-state index contributed by atoms with van der Waals surface area (Å²) in [5.74, 6) is 0. The summed E-state index contributed by atoms with van der Waals surface area (Å²) in [5, 5.41) is 0.809. The Kier molecular flexibility index (Phi) is 6.51. The van der Waals surface area contributed by atoms with Crippen molar-refractivity contribution in [3.8, 4) is 0 Å². The molecule has 0 unspecified atom stereocenters. The highest BCUT2D eigenvalue weighted by Crippen LogP contribution is 2.27. The Hall–Kier alpha value is -2.90. The fourth-order valence-corrected chi connectivity index (χ4v) is 4.98. The Bertz CT molecular complexity index is 1170. The van der Waals surface area contributed by atoms with Crippen molar-refractivity contribution >= 4 is 20.8 Å². The van der Waals surface area contributed by atoms with Gasteiger partial charge < -0.3 is 10.7 Å². The number of fused-ring (bicyclic) bond motifs is 1. The van der Waals surface area contributed by atoms with Crippen molar-refractivity contribution in [2.75, 3.05) is 13.1 Å². The summed E-state index contributed by atoms with van der Waals surface area (Å²) in [6.07, 6.45) is 6.09. The summed E-state index contributed by atoms with van der Waals surface area (Å²) in [6.45, 7) is 2.33. The smallest absolute Gasteiger partial charge is 0.264 e. The number of sulfonamides is 1. The zero-order valence-electron chi connectivity index (χ0n) is 16.3. The van der Waals surface area contributed by atoms with Crippen LogP contribution < -0.4 is 11.3 Å². The van der Waals surface area contributed by atoms with Crippen molar-refractivity contribution in [1.82, 2.24) is 9.29 Å². The van der Waals surface area contributed by atoms with E-state index in [1.807, 2.05) is 30.3 Å². The summed E-state index contributed by atoms with van der Waals surface area (Å²) in [6, 6.07) is 14.7. The third-order valence-electron chi connectivity index (χ3n) is 4.77. The molecule has 0 saturated heterocycles. The van der Waals surface area contributed by atoms with E-state index < -0.39 is 10.0 Å². The number of hydrogen-bond acceptors (Lipinski definition) is 4. The number of nitrogens with zero attached hydrogens (tertiary/aromatic N) is 1. The first-order chi connectivity index (χ1) is 13.9. The van der Waals surface area contributed by atoms with Crippen LogP contribution in [0.15, 0.2) is 76.7 Å². The number of aromatic nitrogens is 1. The van der Waals surface area contributed by atoms with Gasteiger partial charge in [-0.05, 0) is 43.0 Å². The Morgan fingerprint density at radius 3 is 2.59 bits per heavy atom. The van der Waals surface area contributed by atoms with Gasteiger partial charge in [0.05, 0.1) is 4.90 Å². The SMILES string of the molecule is Cc1c[nH]c(=O)c2cccc(S(=O)(=O)N(C=CCN)CCCc3ccccc3)c12. The van der Waals surface area contributed by atoms with Crippen molar-refractivity contribution in [1.29, 1.82) is 0 Å². The van der Waals surface area contributed by atoms with Gasteiger partial charge in [0.2, 0.25) is 0 Å². The van der Waals surface area contributed by atoms with Crippen LogP contribution in [-0.2, 0) is 16.4 Å². The van der Waals surface area contributed by atoms with E-state index >= 15 is 0 Å². The van der Waals surface area contributed by atoms with Gasteiger partial charge in [-0.25, -0.2) is 8.42 Å². The first kappa shape index (κ1) is 20.8. The van der Waals surface area contributed by atoms with Crippen LogP contribution in [0.3, 0.4) is 0 Å². The van der Waals surface area contributed by atoms with Crippen molar-refractivity contribution in [2.24, 2.45) is 5.73 Å². The molecule has 0 fully saturated rings. The van der Waals surface area contributed by atoms with Gasteiger partial charge in [-0.2, -0.15) is 0 Å². The maximum atomic E-state index is 13.5. The average Bonchev–Trinajstić information content (AvgIpc) is 2.73. The molecular formula is C22H25N3O3S. The fraction of sp³-hybridized carbons (Fsp3) is 0.227. The van der Waals surface area contributed by atoms with Gasteiger partial charge in [0.25, 0.3) is 15.6 Å². The molecule has 6 nitrogen and oxygen atoms in total. The van der Waals surface area contributed by atoms with Crippen LogP contribution in [0.2, 0.25) is 0 Å². The van der Waals surface area contributed by atoms with E-state index in [0.29, 0.717) is 29.3 Å². The molecule has 152 valence electrons. The average molecular weight is 412 g/mol. The normalized spacial score (nSPS) is 11.9. The van der Waals surface area contributed by atoms with Crippen LogP contribution in [0, 0.1) is 6.92 Å². The van der Waals surface area contributed by atoms with Crippen LogP contribution in [0.5, 0.6) is 0 Å². The molecule has 3 N–H and O–H groups in total. The Morgan fingerprint density at radius 1 is 1.10 bits per heavy atom. The van der Waals surface area contributed by atoms with Gasteiger partial charge in [0.1, 0.15) is 0 Å². The van der Waals surface area contributed by atoms with Crippen molar-refractivity contribution in [3.63, 3.8) is 0 Å². The number of benzene rings is 2. The number of aryl methyl sites for hydroxylation is 2. The first-order valence-corrected chi connectivity index (χ1v) is 10.9. The molecule has 29 heavy (non-hydrogen) atoms. The maximum Gasteiger partial charge on any atom is 0.264 e. The molecule has 0 saturated carbocycles. The second-order valence-electron chi connectivity index (χ2n) is 6.80. The van der Waals surface area contributed by atoms with Crippen LogP contribution in [0.1, 0.15) is 17.5 Å². The number of rotatable bonds is 8. The standard InChI is InChI=1S/C22H25N3O3S/c1-17-16-24-22(26)19-11-5-12-20(21(17)19)29(27,28)25(15-7-13-23)14-6-10-18-8-3-2-4-9-18/h2-5,7-9,11-12,15-16H,6,10,13-14,23H2,1H3,(H,24,26). The molecule has 2 aromatic carbocycles. The van der Waals surface area contributed by atoms with Crippen LogP contribution >= 0.6 is 0 Å². The minimum absolute atomic E-state index is 0.125. The molecule has 1 heterocycles. The number of nitrogens with one attached hydrogen (secondary N) is 1. The summed E-state index contributed by atoms with van der Waals surface area (Å²) < 4.78 is 28.3. The molecule has 0 bridgehead atoms. The summed E-state index contributed by atoms with van der Waals surface area (Å²) in [7, 11) is -3.86. The van der Waals surface area contributed by atoms with E-state index in [4.69, 9.17) is 5.73 Å². The molecule has 0 atom stereocenters. The number of nitrogens with two attached hydrogens (primary N) is 1. The second-order valence-corrected chi connectivity index (χ2v) is 8.66. The molecule has 0 radical (unpaired) electrons. The zero-order chi connectivity index (χ0) is 20.9. The summed E-state index contributed by atoms with van der Waals surface area (Å²) in [4.78, 5) is 15.0. The molecule has 1 aromatic heterocycles. The molecule has 7 heteroatoms. The lowest BCUT2D eigenvalue weighted by Crippen LogP contribution is -2.28. The third kappa shape index (κ3) is 4.58. The minimum Gasteiger partial charge on any atom is -0.328 e. The number of pyridine rings is 1. The molecule has 0 aliphatic rings. The molecule has 0 aliphatic carbocycles. The van der Waals surface area contributed by atoms with E-state index in [2.05, 4.69) is 4.98 Å². The maximum absolute atomic E-state index is 13.5. The lowest BCUT2D eigenvalue weighted by molar-refractivity contribution is 0.489. The quantitative estimate of drug-likeness (QED) is 0.596. The van der Waals surface area contributed by atoms with Gasteiger partial charge >= 0.3 is 0 Å². The predicted molar refractivity (Wildman–Crippen MR) is 116 cm³/mol. The van der Waals surface area contributed by atoms with Gasteiger partial charge in [0, 0.05) is 36.3 Å². The van der Waals surface area contributed by atoms with E-state index in [9.17, 15) is 13.2 Å². The van der Waals surface area contributed by atoms with E-state index in [1.54, 1.807) is 37.4 Å². The largest absolute Gasteiger partial charge is 0.328 e. The van der Waals surface area contributed by atoms with Gasteiger partial charge in [-0.1, -0.05) is 42.5 Å². The highest BCUT2D eigenvalue weighted by atomic mass is 32.2. The van der Waals surface area contributed by atoms with Crippen LogP contribution in [0.25, 0.3) is 10.8 Å². The van der Waals surface area contributed by atoms with Crippen molar-refractivity contribution in [2.45, 2.75) is 24.7 Å². The van der Waals surface area contributed by atoms with Crippen molar-refractivity contribution in [3.05, 3.63) is 88.5 Å². The second kappa shape index (κ2) is 9.07. The van der Waals surface area contributed by atoms with Gasteiger partial charge in [0.15, 0.2) is 0 Å². The van der Waals surface area contributed by atoms with Gasteiger partial charge in [-0.3, -0.25) is 9.10 Å². The molecule has 3 aromatic rings. The predicted octanol–water partition coefficient (Wildman–Crippen LogP) is 2.93. The van der Waals surface area contributed by atoms with E-state index in [1.165, 1.54) is 10.5 Å². The topological polar surface area (TPSA) is 96.3 Å². The minimum atomic E-state index is -3.86. The lowest BCUT2D eigenvalue weighted by Gasteiger charge is -2.22. The molecule has 0 spiro atoms. The summed E-state index contributed by atoms with van der Waals surface area (Å²) in [5.41, 5.74) is 7.10. The number of aromatic amines is 1. The fourth-order valence-electron chi connectivity index (χ4n) is 3.33. The highest BCUT2D eigenvalue weighted by molar-refractivity contribution is 7.89. The Balaban J connectivity index is 1.97. The molecule has 0 amide bonds. The number of H-pyrrole nitrogens is 1. The van der Waals surface area contributed by atoms with Crippen LogP contribution in [-0.4, -0.2) is 30.8 Å². The van der Waals surface area contributed by atoms with Crippen molar-refractivity contribution < 1.29 is 8.42 Å². The Morgan fingerprint density at radius 2 is 1.86 bits per heavy atom. The monoisotopic (exact) mass is 411 g/mol.